The van der Waals surface area contributed by atoms with Crippen molar-refractivity contribution in [1.82, 2.24) is 4.98 Å². The average molecular weight is 280 g/mol. The first-order chi connectivity index (χ1) is 9.26. The molecule has 0 aromatic carbocycles. The lowest BCUT2D eigenvalue weighted by Crippen LogP contribution is -2.28. The number of hydrogen-bond acceptors (Lipinski definition) is 5. The fraction of sp³-hybridized carbons (Fsp3) is 0.714. The number of anilines is 1. The molecule has 2 aliphatic rings. The number of hydrogen-bond donors (Lipinski definition) is 0. The minimum atomic E-state index is -0.303. The summed E-state index contributed by atoms with van der Waals surface area (Å²) in [6.45, 7) is 4.43. The van der Waals surface area contributed by atoms with E-state index in [0.717, 1.165) is 30.1 Å². The van der Waals surface area contributed by atoms with E-state index in [-0.39, 0.29) is 5.97 Å². The first-order valence-electron chi connectivity index (χ1n) is 7.14. The lowest BCUT2D eigenvalue weighted by molar-refractivity contribution is 0.0520. The minimum absolute atomic E-state index is 0.303. The van der Waals surface area contributed by atoms with Crippen LogP contribution in [0.15, 0.2) is 5.38 Å². The van der Waals surface area contributed by atoms with Crippen LogP contribution in [0.4, 0.5) is 5.13 Å². The molecule has 104 valence electrons. The summed E-state index contributed by atoms with van der Waals surface area (Å²) in [5, 5.41) is 2.81. The van der Waals surface area contributed by atoms with E-state index in [1.54, 1.807) is 11.3 Å². The molecule has 0 spiro atoms. The Labute approximate surface area is 117 Å². The van der Waals surface area contributed by atoms with Crippen LogP contribution >= 0.6 is 11.3 Å². The second kappa shape index (κ2) is 5.49. The summed E-state index contributed by atoms with van der Waals surface area (Å²) in [6.07, 6.45) is 5.38. The zero-order chi connectivity index (χ0) is 13.2. The number of carbonyl (C=O) groups excluding carboxylic acids is 1. The zero-order valence-electron chi connectivity index (χ0n) is 11.3. The second-order valence-electron chi connectivity index (χ2n) is 5.53. The standard InChI is InChI=1S/C14H20N2O2S/c1-2-18-13(17)12-9-19-14(15-12)16(7-10-3-4-10)8-11-5-6-11/h9-11H,2-8H2,1H3. The lowest BCUT2D eigenvalue weighted by atomic mass is 10.3. The molecule has 1 aromatic rings. The number of thiazole rings is 1. The van der Waals surface area contributed by atoms with Gasteiger partial charge in [-0.3, -0.25) is 0 Å². The number of ether oxygens (including phenoxy) is 1. The summed E-state index contributed by atoms with van der Waals surface area (Å²) >= 11 is 1.57. The van der Waals surface area contributed by atoms with Crippen molar-refractivity contribution in [3.63, 3.8) is 0 Å². The second-order valence-corrected chi connectivity index (χ2v) is 6.36. The highest BCUT2D eigenvalue weighted by Crippen LogP contribution is 2.36. The molecular weight excluding hydrogens is 260 g/mol. The van der Waals surface area contributed by atoms with Crippen molar-refractivity contribution in [3.8, 4) is 0 Å². The van der Waals surface area contributed by atoms with Gasteiger partial charge in [-0.2, -0.15) is 0 Å². The van der Waals surface area contributed by atoms with Gasteiger partial charge in [-0.15, -0.1) is 11.3 Å². The van der Waals surface area contributed by atoms with Crippen LogP contribution in [-0.4, -0.2) is 30.6 Å². The molecule has 0 aliphatic heterocycles. The molecule has 5 heteroatoms. The van der Waals surface area contributed by atoms with Crippen molar-refractivity contribution in [2.24, 2.45) is 11.8 Å². The molecule has 4 nitrogen and oxygen atoms in total. The maximum absolute atomic E-state index is 11.7. The summed E-state index contributed by atoms with van der Waals surface area (Å²) in [5.74, 6) is 1.38. The number of rotatable bonds is 7. The largest absolute Gasteiger partial charge is 0.461 e. The molecule has 0 bridgehead atoms. The summed E-state index contributed by atoms with van der Waals surface area (Å²) in [7, 11) is 0. The van der Waals surface area contributed by atoms with Gasteiger partial charge in [-0.1, -0.05) is 0 Å². The van der Waals surface area contributed by atoms with Gasteiger partial charge in [0.1, 0.15) is 0 Å². The Balaban J connectivity index is 1.67. The van der Waals surface area contributed by atoms with E-state index in [0.29, 0.717) is 12.3 Å². The zero-order valence-corrected chi connectivity index (χ0v) is 12.1. The first-order valence-corrected chi connectivity index (χ1v) is 8.01. The Bertz CT molecular complexity index is 438. The fourth-order valence-corrected chi connectivity index (χ4v) is 2.98. The molecule has 1 heterocycles. The van der Waals surface area contributed by atoms with E-state index in [4.69, 9.17) is 4.74 Å². The number of nitrogens with zero attached hydrogens (tertiary/aromatic N) is 2. The fourth-order valence-electron chi connectivity index (χ4n) is 2.16. The Morgan fingerprint density at radius 3 is 2.53 bits per heavy atom. The monoisotopic (exact) mass is 280 g/mol. The van der Waals surface area contributed by atoms with Crippen LogP contribution < -0.4 is 4.90 Å². The average Bonchev–Trinajstić information content (AvgIpc) is 3.31. The number of carbonyl (C=O) groups is 1. The molecule has 19 heavy (non-hydrogen) atoms. The summed E-state index contributed by atoms with van der Waals surface area (Å²) in [6, 6.07) is 0. The summed E-state index contributed by atoms with van der Waals surface area (Å²) in [5.41, 5.74) is 0.457. The molecule has 2 aliphatic carbocycles. The van der Waals surface area contributed by atoms with Gasteiger partial charge in [-0.05, 0) is 44.4 Å². The van der Waals surface area contributed by atoms with Crippen LogP contribution in [0.25, 0.3) is 0 Å². The van der Waals surface area contributed by atoms with Gasteiger partial charge in [0, 0.05) is 18.5 Å². The molecule has 0 saturated heterocycles. The topological polar surface area (TPSA) is 42.4 Å². The highest BCUT2D eigenvalue weighted by Gasteiger charge is 2.30. The van der Waals surface area contributed by atoms with Crippen molar-refractivity contribution in [3.05, 3.63) is 11.1 Å². The van der Waals surface area contributed by atoms with Crippen molar-refractivity contribution in [2.75, 3.05) is 24.6 Å². The molecule has 1 aromatic heterocycles. The summed E-state index contributed by atoms with van der Waals surface area (Å²) < 4.78 is 4.99. The van der Waals surface area contributed by atoms with E-state index >= 15 is 0 Å². The van der Waals surface area contributed by atoms with Crippen LogP contribution in [0.3, 0.4) is 0 Å². The van der Waals surface area contributed by atoms with Crippen LogP contribution in [0.5, 0.6) is 0 Å². The highest BCUT2D eigenvalue weighted by molar-refractivity contribution is 7.13. The van der Waals surface area contributed by atoms with Gasteiger partial charge < -0.3 is 9.64 Å². The van der Waals surface area contributed by atoms with Gasteiger partial charge in [0.05, 0.1) is 6.61 Å². The minimum Gasteiger partial charge on any atom is -0.461 e. The van der Waals surface area contributed by atoms with Gasteiger partial charge in [0.25, 0.3) is 0 Å². The van der Waals surface area contributed by atoms with Gasteiger partial charge in [0.2, 0.25) is 0 Å². The van der Waals surface area contributed by atoms with Crippen molar-refractivity contribution in [2.45, 2.75) is 32.6 Å². The van der Waals surface area contributed by atoms with Crippen LogP contribution in [-0.2, 0) is 4.74 Å². The molecular formula is C14H20N2O2S. The Kier molecular flexibility index (Phi) is 3.73. The number of aromatic nitrogens is 1. The van der Waals surface area contributed by atoms with Crippen molar-refractivity contribution < 1.29 is 9.53 Å². The van der Waals surface area contributed by atoms with Crippen LogP contribution in [0, 0.1) is 11.8 Å². The Morgan fingerprint density at radius 1 is 1.37 bits per heavy atom. The first kappa shape index (κ1) is 12.9. The van der Waals surface area contributed by atoms with E-state index in [1.807, 2.05) is 12.3 Å². The quantitative estimate of drug-likeness (QED) is 0.720. The smallest absolute Gasteiger partial charge is 0.357 e. The number of esters is 1. The van der Waals surface area contributed by atoms with E-state index in [2.05, 4.69) is 9.88 Å². The predicted molar refractivity (Wildman–Crippen MR) is 75.7 cm³/mol. The lowest BCUT2D eigenvalue weighted by Gasteiger charge is -2.21. The third kappa shape index (κ3) is 3.47. The third-order valence-corrected chi connectivity index (χ3v) is 4.50. The Morgan fingerprint density at radius 2 is 2.00 bits per heavy atom. The van der Waals surface area contributed by atoms with Crippen LogP contribution in [0.1, 0.15) is 43.1 Å². The highest BCUT2D eigenvalue weighted by atomic mass is 32.1. The Hall–Kier alpha value is -1.10. The SMILES string of the molecule is CCOC(=O)c1csc(N(CC2CC2)CC2CC2)n1. The van der Waals surface area contributed by atoms with Gasteiger partial charge in [0.15, 0.2) is 10.8 Å². The third-order valence-electron chi connectivity index (χ3n) is 3.60. The molecule has 3 rings (SSSR count). The van der Waals surface area contributed by atoms with Gasteiger partial charge >= 0.3 is 5.97 Å². The molecule has 2 fully saturated rings. The van der Waals surface area contributed by atoms with E-state index < -0.39 is 0 Å². The molecule has 2 saturated carbocycles. The molecule has 0 radical (unpaired) electrons. The molecule has 0 unspecified atom stereocenters. The van der Waals surface area contributed by atoms with Crippen LogP contribution in [0.2, 0.25) is 0 Å². The molecule has 0 atom stereocenters. The van der Waals surface area contributed by atoms with Crippen molar-refractivity contribution >= 4 is 22.4 Å². The van der Waals surface area contributed by atoms with Crippen molar-refractivity contribution in [1.29, 1.82) is 0 Å². The maximum atomic E-state index is 11.7. The summed E-state index contributed by atoms with van der Waals surface area (Å²) in [4.78, 5) is 18.5. The molecule has 0 amide bonds. The molecule has 0 N–H and O–H groups in total. The van der Waals surface area contributed by atoms with Gasteiger partial charge in [-0.25, -0.2) is 9.78 Å². The predicted octanol–water partition coefficient (Wildman–Crippen LogP) is 2.95. The van der Waals surface area contributed by atoms with E-state index in [9.17, 15) is 4.79 Å². The van der Waals surface area contributed by atoms with E-state index in [1.165, 1.54) is 25.7 Å². The normalized spacial score (nSPS) is 18.4. The maximum Gasteiger partial charge on any atom is 0.357 e.